The molecule has 6 rings (SSSR count). The molecule has 0 spiro atoms. The zero-order chi connectivity index (χ0) is 26.7. The van der Waals surface area contributed by atoms with E-state index in [0.717, 1.165) is 40.4 Å². The highest BCUT2D eigenvalue weighted by Crippen LogP contribution is 2.36. The topological polar surface area (TPSA) is 94.1 Å². The van der Waals surface area contributed by atoms with Gasteiger partial charge in [-0.15, -0.1) is 0 Å². The Morgan fingerprint density at radius 3 is 2.74 bits per heavy atom. The third-order valence-electron chi connectivity index (χ3n) is 6.71. The summed E-state index contributed by atoms with van der Waals surface area (Å²) < 4.78 is 11.8. The standard InChI is InChI=1S/C31H27N5O3/c1-31(14-5-8-25(19-31)39-24-6-3-2-4-7-24)35-30-33-17-13-26(34-30)23-9-10-28-27(18-23)36(29(37)21-38-28)20-22-11-15-32-16-12-22/h2-13,15-19H,14,20-21H2,1H3,(H,33,34,35)/p+1. The van der Waals surface area contributed by atoms with Gasteiger partial charge < -0.3 is 14.4 Å². The molecule has 1 amide bonds. The highest BCUT2D eigenvalue weighted by molar-refractivity contribution is 5.98. The third-order valence-corrected chi connectivity index (χ3v) is 6.71. The zero-order valence-corrected chi connectivity index (χ0v) is 21.5. The van der Waals surface area contributed by atoms with Crippen LogP contribution in [0.5, 0.6) is 11.5 Å². The average Bonchev–Trinajstić information content (AvgIpc) is 2.95. The van der Waals surface area contributed by atoms with Gasteiger partial charge in [-0.1, -0.05) is 24.3 Å². The summed E-state index contributed by atoms with van der Waals surface area (Å²) in [6.45, 7) is 2.59. The molecule has 1 unspecified atom stereocenters. The molecule has 3 heterocycles. The number of aromatic nitrogens is 3. The number of carbonyl (C=O) groups excluding carboxylic acids is 1. The van der Waals surface area contributed by atoms with Gasteiger partial charge in [0.15, 0.2) is 6.61 Å². The van der Waals surface area contributed by atoms with Gasteiger partial charge in [-0.25, -0.2) is 0 Å². The van der Waals surface area contributed by atoms with E-state index in [0.29, 0.717) is 18.2 Å². The number of nitrogens with two attached hydrogens (primary N) is 1. The first-order valence-corrected chi connectivity index (χ1v) is 12.8. The van der Waals surface area contributed by atoms with E-state index in [4.69, 9.17) is 14.5 Å². The Labute approximate surface area is 226 Å². The van der Waals surface area contributed by atoms with Crippen LogP contribution in [0.4, 0.5) is 11.6 Å². The Balaban J connectivity index is 1.24. The molecular weight excluding hydrogens is 490 g/mol. The predicted molar refractivity (Wildman–Crippen MR) is 147 cm³/mol. The minimum Gasteiger partial charge on any atom is -0.482 e. The first-order chi connectivity index (χ1) is 19.0. The minimum atomic E-state index is -0.311. The molecule has 0 bridgehead atoms. The fourth-order valence-electron chi connectivity index (χ4n) is 4.75. The predicted octanol–water partition coefficient (Wildman–Crippen LogP) is 4.34. The normalized spacial score (nSPS) is 18.2. The van der Waals surface area contributed by atoms with Crippen molar-refractivity contribution < 1.29 is 19.6 Å². The number of anilines is 1. The molecule has 2 aromatic heterocycles. The summed E-state index contributed by atoms with van der Waals surface area (Å²) >= 11 is 0. The highest BCUT2D eigenvalue weighted by Gasteiger charge is 2.30. The van der Waals surface area contributed by atoms with Crippen LogP contribution in [0.25, 0.3) is 11.3 Å². The van der Waals surface area contributed by atoms with Crippen molar-refractivity contribution >= 4 is 17.5 Å². The van der Waals surface area contributed by atoms with Gasteiger partial charge in [0.1, 0.15) is 22.8 Å². The Bertz CT molecular complexity index is 1560. The van der Waals surface area contributed by atoms with Crippen LogP contribution in [-0.2, 0) is 11.3 Å². The van der Waals surface area contributed by atoms with E-state index in [9.17, 15) is 4.79 Å². The third kappa shape index (κ3) is 5.56. The van der Waals surface area contributed by atoms with Crippen LogP contribution in [0.2, 0.25) is 0 Å². The van der Waals surface area contributed by atoms with E-state index in [1.54, 1.807) is 23.5 Å². The van der Waals surface area contributed by atoms with Crippen LogP contribution in [-0.4, -0.2) is 33.0 Å². The number of fused-ring (bicyclic) bond motifs is 1. The molecule has 0 saturated heterocycles. The Kier molecular flexibility index (Phi) is 6.61. The number of hydrogen-bond donors (Lipinski definition) is 1. The van der Waals surface area contributed by atoms with E-state index in [1.165, 1.54) is 0 Å². The quantitative estimate of drug-likeness (QED) is 0.391. The second-order valence-corrected chi connectivity index (χ2v) is 9.83. The molecule has 2 N–H and O–H groups in total. The fraction of sp³-hybridized carbons (Fsp3) is 0.161. The van der Waals surface area contributed by atoms with Gasteiger partial charge in [-0.2, -0.15) is 9.97 Å². The number of carbonyl (C=O) groups is 1. The second-order valence-electron chi connectivity index (χ2n) is 9.83. The van der Waals surface area contributed by atoms with Gasteiger partial charge in [0.25, 0.3) is 5.91 Å². The van der Waals surface area contributed by atoms with Gasteiger partial charge in [0.2, 0.25) is 0 Å². The number of pyridine rings is 1. The number of para-hydroxylation sites is 1. The number of quaternary nitrogens is 1. The van der Waals surface area contributed by atoms with Gasteiger partial charge in [0, 0.05) is 36.7 Å². The average molecular weight is 519 g/mol. The smallest absolute Gasteiger partial charge is 0.326 e. The van der Waals surface area contributed by atoms with Crippen molar-refractivity contribution in [3.8, 4) is 22.8 Å². The lowest BCUT2D eigenvalue weighted by Gasteiger charge is -2.30. The van der Waals surface area contributed by atoms with E-state index in [1.807, 2.05) is 72.8 Å². The fourth-order valence-corrected chi connectivity index (χ4v) is 4.75. The van der Waals surface area contributed by atoms with E-state index in [2.05, 4.69) is 34.4 Å². The van der Waals surface area contributed by atoms with Gasteiger partial charge >= 0.3 is 5.95 Å². The van der Waals surface area contributed by atoms with Crippen molar-refractivity contribution in [1.29, 1.82) is 0 Å². The maximum Gasteiger partial charge on any atom is 0.326 e. The van der Waals surface area contributed by atoms with Crippen molar-refractivity contribution in [3.05, 3.63) is 115 Å². The summed E-state index contributed by atoms with van der Waals surface area (Å²) in [5, 5.41) is 2.06. The highest BCUT2D eigenvalue weighted by atomic mass is 16.5. The van der Waals surface area contributed by atoms with Crippen LogP contribution in [0, 0.1) is 0 Å². The summed E-state index contributed by atoms with van der Waals surface area (Å²) in [4.78, 5) is 28.0. The molecule has 8 nitrogen and oxygen atoms in total. The molecule has 2 aromatic carbocycles. The summed E-state index contributed by atoms with van der Waals surface area (Å²) in [6.07, 6.45) is 12.2. The lowest BCUT2D eigenvalue weighted by molar-refractivity contribution is -0.643. The minimum absolute atomic E-state index is 0.0145. The van der Waals surface area contributed by atoms with Gasteiger partial charge in [-0.3, -0.25) is 15.1 Å². The summed E-state index contributed by atoms with van der Waals surface area (Å²) in [5.74, 6) is 2.79. The van der Waals surface area contributed by atoms with Crippen molar-refractivity contribution in [2.45, 2.75) is 25.4 Å². The number of hydrogen-bond acceptors (Lipinski definition) is 6. The summed E-state index contributed by atoms with van der Waals surface area (Å²) in [7, 11) is 0. The number of benzene rings is 2. The van der Waals surface area contributed by atoms with E-state index < -0.39 is 0 Å². The van der Waals surface area contributed by atoms with E-state index >= 15 is 0 Å². The molecule has 0 fully saturated rings. The molecule has 0 radical (unpaired) electrons. The van der Waals surface area contributed by atoms with Crippen LogP contribution < -0.4 is 19.7 Å². The molecule has 8 heteroatoms. The molecule has 0 saturated carbocycles. The molecule has 2 aliphatic rings. The lowest BCUT2D eigenvalue weighted by Crippen LogP contribution is -2.91. The van der Waals surface area contributed by atoms with Crippen LogP contribution >= 0.6 is 0 Å². The monoisotopic (exact) mass is 518 g/mol. The molecule has 1 aliphatic carbocycles. The zero-order valence-electron chi connectivity index (χ0n) is 21.5. The molecule has 1 aliphatic heterocycles. The lowest BCUT2D eigenvalue weighted by atomic mass is 9.93. The Morgan fingerprint density at radius 1 is 1.05 bits per heavy atom. The number of rotatable bonds is 7. The number of amides is 1. The first kappa shape index (κ1) is 24.5. The van der Waals surface area contributed by atoms with Crippen molar-refractivity contribution in [1.82, 2.24) is 15.0 Å². The van der Waals surface area contributed by atoms with Gasteiger partial charge in [0.05, 0.1) is 17.9 Å². The van der Waals surface area contributed by atoms with E-state index in [-0.39, 0.29) is 18.1 Å². The van der Waals surface area contributed by atoms with Crippen LogP contribution in [0.1, 0.15) is 18.9 Å². The Morgan fingerprint density at radius 2 is 1.90 bits per heavy atom. The maximum absolute atomic E-state index is 12.8. The number of allylic oxidation sites excluding steroid dienone is 1. The molecule has 4 aromatic rings. The molecule has 39 heavy (non-hydrogen) atoms. The largest absolute Gasteiger partial charge is 0.482 e. The number of nitrogens with zero attached hydrogens (tertiary/aromatic N) is 4. The summed E-state index contributed by atoms with van der Waals surface area (Å²) in [6, 6.07) is 21.2. The maximum atomic E-state index is 12.8. The van der Waals surface area contributed by atoms with Gasteiger partial charge in [-0.05, 0) is 67.1 Å². The first-order valence-electron chi connectivity index (χ1n) is 12.8. The van der Waals surface area contributed by atoms with Crippen LogP contribution in [0.3, 0.4) is 0 Å². The summed E-state index contributed by atoms with van der Waals surface area (Å²) in [5.41, 5.74) is 3.05. The number of ether oxygens (including phenoxy) is 2. The van der Waals surface area contributed by atoms with Crippen molar-refractivity contribution in [2.75, 3.05) is 11.5 Å². The molecule has 1 atom stereocenters. The van der Waals surface area contributed by atoms with Crippen LogP contribution in [0.15, 0.2) is 109 Å². The van der Waals surface area contributed by atoms with Crippen molar-refractivity contribution in [3.63, 3.8) is 0 Å². The Hall–Kier alpha value is -4.82. The molecule has 194 valence electrons. The second kappa shape index (κ2) is 10.5. The van der Waals surface area contributed by atoms with Crippen molar-refractivity contribution in [2.24, 2.45) is 0 Å². The molecular formula is C31H28N5O3+. The SMILES string of the molecule is CC1([NH2+]c2nccc(-c3ccc4c(c3)N(Cc3ccncc3)C(=O)CO4)n2)C=C(Oc2ccccc2)C=CC1.